The Balaban J connectivity index is 1.55. The minimum Gasteiger partial charge on any atom is -0.341 e. The highest BCUT2D eigenvalue weighted by molar-refractivity contribution is 5.57. The van der Waals surface area contributed by atoms with Crippen LogP contribution in [0.25, 0.3) is 18.2 Å². The second kappa shape index (κ2) is 7.12. The van der Waals surface area contributed by atoms with E-state index in [1.54, 1.807) is 5.56 Å². The van der Waals surface area contributed by atoms with Crippen LogP contribution < -0.4 is 15.9 Å². The summed E-state index contributed by atoms with van der Waals surface area (Å²) in [7, 11) is 0. The molecular formula is C24H27N3. The fraction of sp³-hybridized carbons (Fsp3) is 0.375. The van der Waals surface area contributed by atoms with Gasteiger partial charge in [-0.05, 0) is 66.4 Å². The van der Waals surface area contributed by atoms with Crippen LogP contribution in [0, 0.1) is 16.9 Å². The lowest BCUT2D eigenvalue weighted by Gasteiger charge is -2.29. The molecule has 4 rings (SSSR count). The van der Waals surface area contributed by atoms with E-state index in [0.717, 1.165) is 37.8 Å². The number of fused-ring (bicyclic) bond motifs is 3. The number of allylic oxidation sites excluding steroid dienone is 4. The molecule has 138 valence electrons. The molecule has 3 heteroatoms. The quantitative estimate of drug-likeness (QED) is 0.645. The Morgan fingerprint density at radius 2 is 2.11 bits per heavy atom. The number of nitrogens with one attached hydrogen (secondary N) is 1. The Morgan fingerprint density at radius 1 is 1.26 bits per heavy atom. The molecule has 1 atom stereocenters. The normalized spacial score (nSPS) is 22.6. The predicted molar refractivity (Wildman–Crippen MR) is 112 cm³/mol. The zero-order chi connectivity index (χ0) is 18.9. The van der Waals surface area contributed by atoms with E-state index < -0.39 is 0 Å². The van der Waals surface area contributed by atoms with Crippen molar-refractivity contribution in [2.45, 2.75) is 52.0 Å². The highest BCUT2D eigenvalue weighted by atomic mass is 15.0. The summed E-state index contributed by atoms with van der Waals surface area (Å²) in [5.74, 6) is 0. The van der Waals surface area contributed by atoms with E-state index in [-0.39, 0.29) is 5.41 Å². The third kappa shape index (κ3) is 3.32. The minimum atomic E-state index is 0.136. The van der Waals surface area contributed by atoms with Crippen LogP contribution >= 0.6 is 0 Å². The van der Waals surface area contributed by atoms with Gasteiger partial charge in [-0.1, -0.05) is 50.0 Å². The second-order valence-corrected chi connectivity index (χ2v) is 8.06. The van der Waals surface area contributed by atoms with Gasteiger partial charge in [0.25, 0.3) is 0 Å². The first-order valence-electron chi connectivity index (χ1n) is 9.93. The molecule has 1 unspecified atom stereocenters. The van der Waals surface area contributed by atoms with E-state index in [0.29, 0.717) is 5.70 Å². The summed E-state index contributed by atoms with van der Waals surface area (Å²) >= 11 is 0. The van der Waals surface area contributed by atoms with Crippen LogP contribution in [0.4, 0.5) is 0 Å². The lowest BCUT2D eigenvalue weighted by molar-refractivity contribution is 0.361. The van der Waals surface area contributed by atoms with Gasteiger partial charge in [0.2, 0.25) is 0 Å². The molecule has 1 aromatic rings. The van der Waals surface area contributed by atoms with E-state index in [1.165, 1.54) is 29.1 Å². The molecule has 3 nitrogen and oxygen atoms in total. The molecule has 0 aromatic carbocycles. The zero-order valence-corrected chi connectivity index (χ0v) is 16.1. The van der Waals surface area contributed by atoms with E-state index in [9.17, 15) is 0 Å². The van der Waals surface area contributed by atoms with Crippen molar-refractivity contribution < 1.29 is 0 Å². The lowest BCUT2D eigenvalue weighted by Crippen LogP contribution is -2.33. The van der Waals surface area contributed by atoms with Crippen LogP contribution in [0.1, 0.15) is 50.3 Å². The van der Waals surface area contributed by atoms with Crippen LogP contribution in [-0.4, -0.2) is 4.57 Å². The Labute approximate surface area is 161 Å². The third-order valence-corrected chi connectivity index (χ3v) is 6.10. The fourth-order valence-corrected chi connectivity index (χ4v) is 4.43. The first-order valence-corrected chi connectivity index (χ1v) is 9.93. The summed E-state index contributed by atoms with van der Waals surface area (Å²) in [6.07, 6.45) is 24.8. The molecule has 0 spiro atoms. The van der Waals surface area contributed by atoms with E-state index in [2.05, 4.69) is 65.9 Å². The number of aromatic nitrogens is 1. The largest absolute Gasteiger partial charge is 0.341 e. The van der Waals surface area contributed by atoms with Gasteiger partial charge >= 0.3 is 0 Å². The average Bonchev–Trinajstić information content (AvgIpc) is 3.01. The maximum atomic E-state index is 8.77. The molecule has 0 bridgehead atoms. The van der Waals surface area contributed by atoms with Gasteiger partial charge in [-0.15, -0.1) is 0 Å². The molecular weight excluding hydrogens is 330 g/mol. The Hall–Kier alpha value is -2.73. The summed E-state index contributed by atoms with van der Waals surface area (Å²) in [6, 6.07) is 0. The van der Waals surface area contributed by atoms with Crippen molar-refractivity contribution in [2.75, 3.05) is 0 Å². The smallest absolute Gasteiger partial charge is 0.181 e. The molecule has 0 saturated carbocycles. The summed E-state index contributed by atoms with van der Waals surface area (Å²) in [5.41, 5.74) is 4.81. The number of hydrogen-bond acceptors (Lipinski definition) is 2. The third-order valence-electron chi connectivity index (χ3n) is 6.10. The average molecular weight is 358 g/mol. The van der Waals surface area contributed by atoms with Crippen LogP contribution in [0.3, 0.4) is 0 Å². The highest BCUT2D eigenvalue weighted by Gasteiger charge is 2.24. The highest BCUT2D eigenvalue weighted by Crippen LogP contribution is 2.34. The van der Waals surface area contributed by atoms with Gasteiger partial charge in [-0.25, -0.2) is 0 Å². The lowest BCUT2D eigenvalue weighted by atomic mass is 9.79. The van der Waals surface area contributed by atoms with Crippen LogP contribution in [0.15, 0.2) is 42.2 Å². The Bertz CT molecular complexity index is 1020. The minimum absolute atomic E-state index is 0.136. The topological polar surface area (TPSA) is 40.8 Å². The van der Waals surface area contributed by atoms with Crippen molar-refractivity contribution in [3.05, 3.63) is 64.0 Å². The molecule has 0 fully saturated rings. The Kier molecular flexibility index (Phi) is 4.66. The predicted octanol–water partition coefficient (Wildman–Crippen LogP) is 3.67. The summed E-state index contributed by atoms with van der Waals surface area (Å²) in [6.45, 7) is 7.29. The van der Waals surface area contributed by atoms with Gasteiger partial charge in [-0.3, -0.25) is 5.32 Å². The molecule has 1 heterocycles. The second-order valence-electron chi connectivity index (χ2n) is 8.06. The van der Waals surface area contributed by atoms with E-state index >= 15 is 0 Å². The van der Waals surface area contributed by atoms with Gasteiger partial charge in [0, 0.05) is 23.3 Å². The molecule has 0 amide bonds. The van der Waals surface area contributed by atoms with Crippen LogP contribution in [-0.2, 0) is 13.0 Å². The van der Waals surface area contributed by atoms with Crippen molar-refractivity contribution in [2.24, 2.45) is 5.41 Å². The van der Waals surface area contributed by atoms with Gasteiger partial charge < -0.3 is 4.57 Å². The van der Waals surface area contributed by atoms with Crippen molar-refractivity contribution >= 4 is 18.2 Å². The van der Waals surface area contributed by atoms with Crippen molar-refractivity contribution in [3.63, 3.8) is 0 Å². The monoisotopic (exact) mass is 357 g/mol. The van der Waals surface area contributed by atoms with E-state index in [4.69, 9.17) is 5.26 Å². The maximum absolute atomic E-state index is 8.77. The number of hydrogen-bond donors (Lipinski definition) is 1. The molecule has 1 aromatic heterocycles. The van der Waals surface area contributed by atoms with Crippen LogP contribution in [0.2, 0.25) is 0 Å². The van der Waals surface area contributed by atoms with Gasteiger partial charge in [0.05, 0.1) is 0 Å². The number of nitrogens with zero attached hydrogens (tertiary/aromatic N) is 2. The molecule has 27 heavy (non-hydrogen) atoms. The molecule has 3 aliphatic carbocycles. The number of nitriles is 1. The molecule has 0 saturated heterocycles. The Morgan fingerprint density at radius 3 is 2.89 bits per heavy atom. The molecule has 0 aliphatic heterocycles. The fourth-order valence-electron chi connectivity index (χ4n) is 4.43. The standard InChI is InChI=1S/C24H27N3/c1-18(26-17-25)19-11-13-24(2,14-12-19)15-16-27-22-9-5-3-7-20(22)21-8-4-6-10-23(21)27/h5,8-13,26H,1,3-4,6-7,14-16H2,2H3. The SMILES string of the molecule is C=C(NC#N)C1=CCC(C)(CCn2c3c(c4c2=CCCC=4)CCC=C3)C=C1. The molecule has 1 N–H and O–H groups in total. The molecule has 3 aliphatic rings. The first-order chi connectivity index (χ1) is 13.1. The summed E-state index contributed by atoms with van der Waals surface area (Å²) < 4.78 is 2.55. The van der Waals surface area contributed by atoms with Crippen molar-refractivity contribution in [1.82, 2.24) is 9.88 Å². The van der Waals surface area contributed by atoms with Gasteiger partial charge in [0.1, 0.15) is 0 Å². The first kappa shape index (κ1) is 17.7. The zero-order valence-electron chi connectivity index (χ0n) is 16.1. The van der Waals surface area contributed by atoms with Crippen molar-refractivity contribution in [1.29, 1.82) is 5.26 Å². The van der Waals surface area contributed by atoms with Crippen LogP contribution in [0.5, 0.6) is 0 Å². The summed E-state index contributed by atoms with van der Waals surface area (Å²) in [4.78, 5) is 0. The van der Waals surface area contributed by atoms with E-state index in [1.807, 2.05) is 6.19 Å². The number of rotatable bonds is 5. The summed E-state index contributed by atoms with van der Waals surface area (Å²) in [5, 5.41) is 14.3. The maximum Gasteiger partial charge on any atom is 0.181 e. The van der Waals surface area contributed by atoms with Gasteiger partial charge in [0.15, 0.2) is 6.19 Å². The van der Waals surface area contributed by atoms with Gasteiger partial charge in [-0.2, -0.15) is 5.26 Å². The van der Waals surface area contributed by atoms with Crippen molar-refractivity contribution in [3.8, 4) is 6.19 Å². The molecule has 0 radical (unpaired) electrons.